The van der Waals surface area contributed by atoms with Gasteiger partial charge >= 0.3 is 5.97 Å². The van der Waals surface area contributed by atoms with Crippen molar-refractivity contribution in [2.45, 2.75) is 84.2 Å². The van der Waals surface area contributed by atoms with Crippen molar-refractivity contribution in [2.75, 3.05) is 6.61 Å². The highest BCUT2D eigenvalue weighted by Gasteiger charge is 2.34. The second kappa shape index (κ2) is 14.8. The summed E-state index contributed by atoms with van der Waals surface area (Å²) < 4.78 is 53.5. The van der Waals surface area contributed by atoms with E-state index in [4.69, 9.17) is 9.47 Å². The molecule has 4 atom stereocenters. The third-order valence-corrected chi connectivity index (χ3v) is 6.96. The molecule has 0 aliphatic heterocycles. The van der Waals surface area contributed by atoms with Gasteiger partial charge < -0.3 is 9.47 Å². The number of rotatable bonds is 15. The van der Waals surface area contributed by atoms with Crippen LogP contribution >= 0.6 is 0 Å². The second-order valence-electron chi connectivity index (χ2n) is 10.5. The highest BCUT2D eigenvalue weighted by molar-refractivity contribution is 5.81. The van der Waals surface area contributed by atoms with Gasteiger partial charge in [0.05, 0.1) is 0 Å². The van der Waals surface area contributed by atoms with E-state index in [1.165, 1.54) is 6.92 Å². The van der Waals surface area contributed by atoms with Crippen LogP contribution in [0.1, 0.15) is 66.2 Å². The molecule has 2 aromatic carbocycles. The van der Waals surface area contributed by atoms with Crippen molar-refractivity contribution in [1.29, 1.82) is 0 Å². The fourth-order valence-corrected chi connectivity index (χ4v) is 4.04. The van der Waals surface area contributed by atoms with Crippen LogP contribution in [0, 0.1) is 5.92 Å². The third kappa shape index (κ3) is 9.07. The topological polar surface area (TPSA) is 61.3 Å². The van der Waals surface area contributed by atoms with Crippen LogP contribution in [-0.2, 0) is 4.79 Å². The molecule has 0 radical (unpaired) electrons. The third-order valence-electron chi connectivity index (χ3n) is 6.96. The minimum Gasteiger partial charge on any atom is -0.490 e. The Kier molecular flexibility index (Phi) is 11.5. The molecular formula is C32H39F3N2O3. The molecule has 0 N–H and O–H groups in total. The summed E-state index contributed by atoms with van der Waals surface area (Å²) in [5.74, 6) is 0.436. The molecule has 0 bridgehead atoms. The summed E-state index contributed by atoms with van der Waals surface area (Å²) in [5, 5.41) is 0. The molecule has 5 nitrogen and oxygen atoms in total. The van der Waals surface area contributed by atoms with E-state index in [0.717, 1.165) is 36.0 Å². The van der Waals surface area contributed by atoms with Gasteiger partial charge in [-0.25, -0.2) is 27.9 Å². The van der Waals surface area contributed by atoms with Gasteiger partial charge in [0.1, 0.15) is 24.3 Å². The molecule has 0 spiro atoms. The first-order chi connectivity index (χ1) is 19.1. The first-order valence-electron chi connectivity index (χ1n) is 14.0. The van der Waals surface area contributed by atoms with E-state index in [9.17, 15) is 18.0 Å². The number of esters is 1. The maximum Gasteiger partial charge on any atom is 0.348 e. The normalized spacial score (nSPS) is 15.1. The summed E-state index contributed by atoms with van der Waals surface area (Å²) in [6, 6.07) is 13.6. The number of hydrogen-bond acceptors (Lipinski definition) is 5. The summed E-state index contributed by atoms with van der Waals surface area (Å²) >= 11 is 0. The van der Waals surface area contributed by atoms with Crippen molar-refractivity contribution in [3.05, 3.63) is 60.9 Å². The maximum absolute atomic E-state index is 14.7. The fraction of sp³-hybridized carbons (Fsp3) is 0.469. The summed E-state index contributed by atoms with van der Waals surface area (Å²) in [4.78, 5) is 21.1. The van der Waals surface area contributed by atoms with Gasteiger partial charge in [0, 0.05) is 23.5 Å². The van der Waals surface area contributed by atoms with E-state index in [1.807, 2.05) is 20.8 Å². The Hall–Kier alpha value is -3.42. The maximum atomic E-state index is 14.7. The van der Waals surface area contributed by atoms with E-state index in [0.29, 0.717) is 18.0 Å². The molecule has 3 aromatic rings. The van der Waals surface area contributed by atoms with Gasteiger partial charge in [-0.2, -0.15) is 0 Å². The molecule has 0 aliphatic carbocycles. The fourth-order valence-electron chi connectivity index (χ4n) is 4.04. The molecule has 216 valence electrons. The van der Waals surface area contributed by atoms with Crippen molar-refractivity contribution in [1.82, 2.24) is 9.97 Å². The average molecular weight is 557 g/mol. The number of aromatic nitrogens is 2. The Morgan fingerprint density at radius 3 is 2.08 bits per heavy atom. The quantitative estimate of drug-likeness (QED) is 0.107. The van der Waals surface area contributed by atoms with Gasteiger partial charge in [-0.05, 0) is 74.1 Å². The lowest BCUT2D eigenvalue weighted by molar-refractivity contribution is -0.147. The van der Waals surface area contributed by atoms with Crippen molar-refractivity contribution >= 4 is 5.97 Å². The summed E-state index contributed by atoms with van der Waals surface area (Å²) in [6.45, 7) is 6.80. The Labute approximate surface area is 235 Å². The first-order valence-corrected chi connectivity index (χ1v) is 14.0. The average Bonchev–Trinajstić information content (AvgIpc) is 2.96. The van der Waals surface area contributed by atoms with Gasteiger partial charge in [0.25, 0.3) is 0 Å². The summed E-state index contributed by atoms with van der Waals surface area (Å²) in [5.41, 5.74) is 0.276. The Balaban J connectivity index is 1.55. The Morgan fingerprint density at radius 2 is 1.48 bits per heavy atom. The molecule has 1 heterocycles. The number of ether oxygens (including phenoxy) is 2. The number of alkyl halides is 3. The smallest absolute Gasteiger partial charge is 0.348 e. The largest absolute Gasteiger partial charge is 0.490 e. The molecule has 0 fully saturated rings. The highest BCUT2D eigenvalue weighted by atomic mass is 19.2. The molecule has 3 rings (SSSR count). The predicted octanol–water partition coefficient (Wildman–Crippen LogP) is 8.52. The minimum absolute atomic E-state index is 0.127. The lowest BCUT2D eigenvalue weighted by Crippen LogP contribution is -2.34. The van der Waals surface area contributed by atoms with Crippen LogP contribution < -0.4 is 9.47 Å². The number of unbranched alkanes of at least 4 members (excludes halogenated alkanes) is 2. The number of halogens is 3. The molecule has 40 heavy (non-hydrogen) atoms. The van der Waals surface area contributed by atoms with E-state index >= 15 is 0 Å². The second-order valence-corrected chi connectivity index (χ2v) is 10.5. The molecule has 8 heteroatoms. The number of nitrogens with zero attached hydrogens (tertiary/aromatic N) is 2. The Morgan fingerprint density at radius 1 is 0.875 bits per heavy atom. The van der Waals surface area contributed by atoms with Crippen molar-refractivity contribution in [3.63, 3.8) is 0 Å². The number of hydrogen-bond donors (Lipinski definition) is 0. The van der Waals surface area contributed by atoms with Gasteiger partial charge in [0.2, 0.25) is 5.67 Å². The molecule has 0 saturated heterocycles. The van der Waals surface area contributed by atoms with E-state index < -0.39 is 24.0 Å². The predicted molar refractivity (Wildman–Crippen MR) is 152 cm³/mol. The summed E-state index contributed by atoms with van der Waals surface area (Å²) in [7, 11) is 0. The van der Waals surface area contributed by atoms with Crippen LogP contribution in [0.3, 0.4) is 0 Å². The monoisotopic (exact) mass is 556 g/mol. The van der Waals surface area contributed by atoms with Crippen LogP contribution in [-0.4, -0.2) is 40.6 Å². The lowest BCUT2D eigenvalue weighted by Gasteiger charge is -2.18. The number of benzene rings is 2. The van der Waals surface area contributed by atoms with Crippen molar-refractivity contribution in [2.24, 2.45) is 5.92 Å². The SMILES string of the molecule is CCCCCC(C)(F)C(=O)Oc1ccc(-c2cnc(-c3ccc(OCC(F)C(F)CC(C)CC)cc3)nc2)cc1. The van der Waals surface area contributed by atoms with E-state index in [-0.39, 0.29) is 31.1 Å². The number of carbonyl (C=O) groups excluding carboxylic acids is 1. The van der Waals surface area contributed by atoms with E-state index in [2.05, 4.69) is 9.97 Å². The lowest BCUT2D eigenvalue weighted by atomic mass is 10.00. The van der Waals surface area contributed by atoms with Gasteiger partial charge in [-0.1, -0.05) is 52.2 Å². The minimum atomic E-state index is -2.03. The zero-order valence-electron chi connectivity index (χ0n) is 23.7. The van der Waals surface area contributed by atoms with Gasteiger partial charge in [-0.15, -0.1) is 0 Å². The molecule has 4 unspecified atom stereocenters. The number of carbonyl (C=O) groups is 1. The van der Waals surface area contributed by atoms with Crippen LogP contribution in [0.5, 0.6) is 11.5 Å². The molecule has 0 saturated carbocycles. The van der Waals surface area contributed by atoms with Crippen LogP contribution in [0.15, 0.2) is 60.9 Å². The molecular weight excluding hydrogens is 517 g/mol. The zero-order chi connectivity index (χ0) is 29.1. The van der Waals surface area contributed by atoms with Crippen molar-refractivity contribution in [3.8, 4) is 34.0 Å². The molecule has 1 aromatic heterocycles. The van der Waals surface area contributed by atoms with E-state index in [1.54, 1.807) is 60.9 Å². The van der Waals surface area contributed by atoms with Crippen molar-refractivity contribution < 1.29 is 27.4 Å². The standard InChI is InChI=1S/C32H39F3N2O3/c1-5-7-8-17-32(4,35)31(38)40-27-15-9-23(10-16-27)25-19-36-30(37-20-25)24-11-13-26(14-12-24)39-21-29(34)28(33)18-22(3)6-2/h9-16,19-20,22,28-29H,5-8,17-18,21H2,1-4H3. The van der Waals surface area contributed by atoms with Gasteiger partial charge in [-0.3, -0.25) is 0 Å². The van der Waals surface area contributed by atoms with Crippen LogP contribution in [0.25, 0.3) is 22.5 Å². The van der Waals surface area contributed by atoms with Crippen LogP contribution in [0.4, 0.5) is 13.2 Å². The van der Waals surface area contributed by atoms with Crippen LogP contribution in [0.2, 0.25) is 0 Å². The summed E-state index contributed by atoms with van der Waals surface area (Å²) in [6.07, 6.45) is 3.69. The highest BCUT2D eigenvalue weighted by Crippen LogP contribution is 2.27. The Bertz CT molecular complexity index is 1190. The zero-order valence-corrected chi connectivity index (χ0v) is 23.7. The molecule has 0 amide bonds. The first kappa shape index (κ1) is 31.1. The molecule has 0 aliphatic rings. The van der Waals surface area contributed by atoms with Gasteiger partial charge in [0.15, 0.2) is 12.0 Å².